The van der Waals surface area contributed by atoms with Gasteiger partial charge in [-0.2, -0.15) is 5.10 Å². The van der Waals surface area contributed by atoms with Gasteiger partial charge in [0.2, 0.25) is 5.91 Å². The Bertz CT molecular complexity index is 781. The van der Waals surface area contributed by atoms with Crippen LogP contribution < -0.4 is 14.9 Å². The fourth-order valence-electron chi connectivity index (χ4n) is 2.02. The van der Waals surface area contributed by atoms with Gasteiger partial charge in [-0.1, -0.05) is 18.5 Å². The topological polar surface area (TPSA) is 59.9 Å². The molecule has 2 aromatic rings. The molecule has 0 spiro atoms. The molecule has 0 heterocycles. The molecule has 1 N–H and O–H groups in total. The molecule has 0 aliphatic rings. The van der Waals surface area contributed by atoms with Crippen LogP contribution in [0.25, 0.3) is 0 Å². The predicted octanol–water partition coefficient (Wildman–Crippen LogP) is 4.77. The van der Waals surface area contributed by atoms with Crippen molar-refractivity contribution >= 4 is 35.5 Å². The van der Waals surface area contributed by atoms with Crippen molar-refractivity contribution in [2.75, 3.05) is 12.9 Å². The van der Waals surface area contributed by atoms with Gasteiger partial charge in [0.1, 0.15) is 11.5 Å². The first-order valence-electron chi connectivity index (χ1n) is 8.56. The highest BCUT2D eigenvalue weighted by molar-refractivity contribution is 8.00. The van der Waals surface area contributed by atoms with Gasteiger partial charge in [0, 0.05) is 4.90 Å². The van der Waals surface area contributed by atoms with Gasteiger partial charge in [-0.3, -0.25) is 4.79 Å². The Morgan fingerprint density at radius 3 is 2.67 bits per heavy atom. The lowest BCUT2D eigenvalue weighted by atomic mass is 10.2. The SMILES string of the molecule is CC[C@H](C)Oc1ccc(/C=N/NC(=O)CSc2ccc(OC)cc2)cc1Cl. The number of amides is 1. The van der Waals surface area contributed by atoms with Gasteiger partial charge in [-0.25, -0.2) is 5.43 Å². The predicted molar refractivity (Wildman–Crippen MR) is 111 cm³/mol. The maximum atomic E-state index is 11.9. The van der Waals surface area contributed by atoms with Crippen molar-refractivity contribution in [1.82, 2.24) is 5.43 Å². The zero-order valence-corrected chi connectivity index (χ0v) is 17.1. The molecule has 0 saturated carbocycles. The van der Waals surface area contributed by atoms with Crippen LogP contribution >= 0.6 is 23.4 Å². The van der Waals surface area contributed by atoms with Crippen LogP contribution in [-0.2, 0) is 4.79 Å². The molecule has 0 bridgehead atoms. The summed E-state index contributed by atoms with van der Waals surface area (Å²) in [6, 6.07) is 12.9. The van der Waals surface area contributed by atoms with Crippen molar-refractivity contribution in [2.45, 2.75) is 31.3 Å². The highest BCUT2D eigenvalue weighted by Crippen LogP contribution is 2.26. The smallest absolute Gasteiger partial charge is 0.250 e. The molecule has 0 unspecified atom stereocenters. The van der Waals surface area contributed by atoms with E-state index < -0.39 is 0 Å². The first-order chi connectivity index (χ1) is 13.0. The number of carbonyl (C=O) groups is 1. The number of hydrazone groups is 1. The zero-order valence-electron chi connectivity index (χ0n) is 15.6. The molecule has 144 valence electrons. The summed E-state index contributed by atoms with van der Waals surface area (Å²) in [7, 11) is 1.62. The van der Waals surface area contributed by atoms with E-state index in [2.05, 4.69) is 17.5 Å². The molecule has 0 fully saturated rings. The van der Waals surface area contributed by atoms with Crippen LogP contribution in [0.3, 0.4) is 0 Å². The van der Waals surface area contributed by atoms with Crippen LogP contribution in [0, 0.1) is 0 Å². The van der Waals surface area contributed by atoms with E-state index in [-0.39, 0.29) is 17.8 Å². The lowest BCUT2D eigenvalue weighted by molar-refractivity contribution is -0.118. The normalized spacial score (nSPS) is 12.0. The number of halogens is 1. The largest absolute Gasteiger partial charge is 0.497 e. The Kier molecular flexibility index (Phi) is 8.48. The van der Waals surface area contributed by atoms with E-state index in [9.17, 15) is 4.79 Å². The maximum absolute atomic E-state index is 11.9. The summed E-state index contributed by atoms with van der Waals surface area (Å²) >= 11 is 7.65. The number of rotatable bonds is 9. The van der Waals surface area contributed by atoms with E-state index >= 15 is 0 Å². The number of ether oxygens (including phenoxy) is 2. The van der Waals surface area contributed by atoms with Gasteiger partial charge in [-0.05, 0) is 61.4 Å². The summed E-state index contributed by atoms with van der Waals surface area (Å²) in [5.41, 5.74) is 3.29. The highest BCUT2D eigenvalue weighted by atomic mass is 35.5. The number of thioether (sulfide) groups is 1. The Labute approximate surface area is 169 Å². The Balaban J connectivity index is 1.81. The minimum atomic E-state index is -0.185. The first kappa shape index (κ1) is 21.1. The molecule has 5 nitrogen and oxygen atoms in total. The second kappa shape index (κ2) is 10.8. The van der Waals surface area contributed by atoms with Crippen LogP contribution in [0.2, 0.25) is 5.02 Å². The third-order valence-electron chi connectivity index (χ3n) is 3.69. The average Bonchev–Trinajstić information content (AvgIpc) is 2.68. The molecule has 2 aromatic carbocycles. The quantitative estimate of drug-likeness (QED) is 0.370. The number of methoxy groups -OCH3 is 1. The molecule has 0 saturated heterocycles. The number of hydrogen-bond donors (Lipinski definition) is 1. The molecule has 27 heavy (non-hydrogen) atoms. The summed E-state index contributed by atoms with van der Waals surface area (Å²) in [4.78, 5) is 12.9. The van der Waals surface area contributed by atoms with Crippen molar-refractivity contribution in [3.05, 3.63) is 53.1 Å². The molecule has 0 aromatic heterocycles. The van der Waals surface area contributed by atoms with Gasteiger partial charge < -0.3 is 9.47 Å². The molecule has 0 radical (unpaired) electrons. The van der Waals surface area contributed by atoms with Gasteiger partial charge in [0.05, 0.1) is 30.2 Å². The van der Waals surface area contributed by atoms with Crippen molar-refractivity contribution in [2.24, 2.45) is 5.10 Å². The molecule has 1 amide bonds. The first-order valence-corrected chi connectivity index (χ1v) is 9.93. The number of hydrogen-bond acceptors (Lipinski definition) is 5. The van der Waals surface area contributed by atoms with Gasteiger partial charge in [-0.15, -0.1) is 11.8 Å². The molecular formula is C20H23ClN2O3S. The number of nitrogens with zero attached hydrogens (tertiary/aromatic N) is 1. The van der Waals surface area contributed by atoms with E-state index in [1.54, 1.807) is 25.5 Å². The lowest BCUT2D eigenvalue weighted by Gasteiger charge is -2.13. The van der Waals surface area contributed by atoms with Crippen LogP contribution in [0.4, 0.5) is 0 Å². The summed E-state index contributed by atoms with van der Waals surface area (Å²) in [5.74, 6) is 1.51. The molecule has 0 aliphatic carbocycles. The van der Waals surface area contributed by atoms with E-state index in [0.29, 0.717) is 10.8 Å². The summed E-state index contributed by atoms with van der Waals surface area (Å²) in [5, 5.41) is 4.49. The second-order valence-electron chi connectivity index (χ2n) is 5.78. The Morgan fingerprint density at radius 2 is 2.04 bits per heavy atom. The van der Waals surface area contributed by atoms with Crippen LogP contribution in [-0.4, -0.2) is 31.1 Å². The van der Waals surface area contributed by atoms with Crippen molar-refractivity contribution in [3.63, 3.8) is 0 Å². The molecule has 2 rings (SSSR count). The third kappa shape index (κ3) is 7.15. The molecule has 7 heteroatoms. The monoisotopic (exact) mass is 406 g/mol. The Morgan fingerprint density at radius 1 is 1.30 bits per heavy atom. The summed E-state index contributed by atoms with van der Waals surface area (Å²) in [6.07, 6.45) is 2.55. The van der Waals surface area contributed by atoms with Gasteiger partial charge >= 0.3 is 0 Å². The third-order valence-corrected chi connectivity index (χ3v) is 5.00. The molecule has 0 aliphatic heterocycles. The fourth-order valence-corrected chi connectivity index (χ4v) is 2.95. The van der Waals surface area contributed by atoms with Gasteiger partial charge in [0.25, 0.3) is 0 Å². The van der Waals surface area contributed by atoms with Crippen molar-refractivity contribution in [3.8, 4) is 11.5 Å². The van der Waals surface area contributed by atoms with Crippen LogP contribution in [0.15, 0.2) is 52.5 Å². The minimum absolute atomic E-state index is 0.101. The highest BCUT2D eigenvalue weighted by Gasteiger charge is 2.06. The van der Waals surface area contributed by atoms with Crippen molar-refractivity contribution < 1.29 is 14.3 Å². The van der Waals surface area contributed by atoms with E-state index in [0.717, 1.165) is 22.6 Å². The standard InChI is InChI=1S/C20H23ClN2O3S/c1-4-14(2)26-19-10-5-15(11-18(19)21)12-22-23-20(24)13-27-17-8-6-16(25-3)7-9-17/h5-12,14H,4,13H2,1-3H3,(H,23,24)/b22-12+/t14-/m0/s1. The summed E-state index contributed by atoms with van der Waals surface area (Å²) < 4.78 is 10.8. The average molecular weight is 407 g/mol. The summed E-state index contributed by atoms with van der Waals surface area (Å²) in [6.45, 7) is 4.04. The second-order valence-corrected chi connectivity index (χ2v) is 7.24. The minimum Gasteiger partial charge on any atom is -0.497 e. The van der Waals surface area contributed by atoms with E-state index in [4.69, 9.17) is 21.1 Å². The number of carbonyl (C=O) groups excluding carboxylic acids is 1. The zero-order chi connectivity index (χ0) is 19.6. The number of benzene rings is 2. The van der Waals surface area contributed by atoms with Crippen LogP contribution in [0.1, 0.15) is 25.8 Å². The maximum Gasteiger partial charge on any atom is 0.250 e. The van der Waals surface area contributed by atoms with Crippen molar-refractivity contribution in [1.29, 1.82) is 0 Å². The number of nitrogens with one attached hydrogen (secondary N) is 1. The lowest BCUT2D eigenvalue weighted by Crippen LogP contribution is -2.19. The van der Waals surface area contributed by atoms with Crippen LogP contribution in [0.5, 0.6) is 11.5 Å². The fraction of sp³-hybridized carbons (Fsp3) is 0.300. The molecular weight excluding hydrogens is 384 g/mol. The van der Waals surface area contributed by atoms with E-state index in [1.807, 2.05) is 37.3 Å². The molecule has 1 atom stereocenters. The van der Waals surface area contributed by atoms with Gasteiger partial charge in [0.15, 0.2) is 0 Å². The van der Waals surface area contributed by atoms with E-state index in [1.165, 1.54) is 11.8 Å². The Hall–Kier alpha value is -2.18.